The van der Waals surface area contributed by atoms with Gasteiger partial charge in [0.15, 0.2) is 0 Å². The molecule has 2 N–H and O–H groups in total. The van der Waals surface area contributed by atoms with Gasteiger partial charge in [0.05, 0.1) is 12.0 Å². The van der Waals surface area contributed by atoms with Crippen molar-refractivity contribution in [3.8, 4) is 0 Å². The van der Waals surface area contributed by atoms with Gasteiger partial charge in [0.2, 0.25) is 5.91 Å². The molecule has 4 aliphatic carbocycles. The average Bonchev–Trinajstić information content (AvgIpc) is 2.54. The number of carbonyl (C=O) groups excluding carboxylic acids is 1. The van der Waals surface area contributed by atoms with Gasteiger partial charge in [-0.2, -0.15) is 0 Å². The summed E-state index contributed by atoms with van der Waals surface area (Å²) in [5.74, 6) is 3.22. The van der Waals surface area contributed by atoms with Crippen molar-refractivity contribution in [2.45, 2.75) is 57.8 Å². The van der Waals surface area contributed by atoms with E-state index in [1.54, 1.807) is 7.11 Å². The molecular weight excluding hydrogens is 300 g/mol. The first-order valence-corrected chi connectivity index (χ1v) is 10.1. The Labute approximate surface area is 146 Å². The number of ether oxygens (including phenoxy) is 1. The van der Waals surface area contributed by atoms with Crippen LogP contribution in [0.4, 0.5) is 0 Å². The zero-order chi connectivity index (χ0) is 16.6. The van der Waals surface area contributed by atoms with E-state index in [2.05, 4.69) is 10.6 Å². The fourth-order valence-corrected chi connectivity index (χ4v) is 6.84. The van der Waals surface area contributed by atoms with E-state index in [0.717, 1.165) is 50.2 Å². The summed E-state index contributed by atoms with van der Waals surface area (Å²) in [4.78, 5) is 12.9. The molecule has 4 heteroatoms. The van der Waals surface area contributed by atoms with Crippen LogP contribution in [0.25, 0.3) is 0 Å². The Morgan fingerprint density at radius 1 is 1.08 bits per heavy atom. The highest BCUT2D eigenvalue weighted by Gasteiger charge is 2.50. The van der Waals surface area contributed by atoms with Gasteiger partial charge in [-0.05, 0) is 94.0 Å². The van der Waals surface area contributed by atoms with Gasteiger partial charge in [-0.15, -0.1) is 0 Å². The summed E-state index contributed by atoms with van der Waals surface area (Å²) >= 11 is 0. The van der Waals surface area contributed by atoms with Crippen LogP contribution in [0.3, 0.4) is 0 Å². The fourth-order valence-electron chi connectivity index (χ4n) is 6.84. The minimum Gasteiger partial charge on any atom is -0.384 e. The van der Waals surface area contributed by atoms with Crippen LogP contribution in [-0.4, -0.2) is 39.3 Å². The van der Waals surface area contributed by atoms with E-state index in [4.69, 9.17) is 4.74 Å². The van der Waals surface area contributed by atoms with E-state index < -0.39 is 0 Å². The molecule has 0 aromatic carbocycles. The van der Waals surface area contributed by atoms with Crippen LogP contribution in [0.1, 0.15) is 57.8 Å². The molecule has 4 saturated carbocycles. The van der Waals surface area contributed by atoms with Crippen molar-refractivity contribution < 1.29 is 9.53 Å². The predicted molar refractivity (Wildman–Crippen MR) is 94.6 cm³/mol. The van der Waals surface area contributed by atoms with Crippen molar-refractivity contribution in [1.29, 1.82) is 0 Å². The molecule has 0 aromatic heterocycles. The number of nitrogens with one attached hydrogen (secondary N) is 2. The molecule has 1 aliphatic heterocycles. The summed E-state index contributed by atoms with van der Waals surface area (Å²) in [5, 5.41) is 6.67. The molecule has 0 atom stereocenters. The van der Waals surface area contributed by atoms with Crippen LogP contribution in [-0.2, 0) is 9.53 Å². The third-order valence-corrected chi connectivity index (χ3v) is 7.57. The molecule has 4 bridgehead atoms. The zero-order valence-corrected chi connectivity index (χ0v) is 15.2. The number of hydrogen-bond acceptors (Lipinski definition) is 3. The number of rotatable bonds is 6. The first-order valence-electron chi connectivity index (χ1n) is 10.1. The van der Waals surface area contributed by atoms with Gasteiger partial charge in [0.25, 0.3) is 0 Å². The maximum Gasteiger partial charge on any atom is 0.228 e. The molecule has 1 heterocycles. The lowest BCUT2D eigenvalue weighted by Gasteiger charge is -2.57. The number of methoxy groups -OCH3 is 1. The Balaban J connectivity index is 1.32. The molecule has 0 aromatic rings. The van der Waals surface area contributed by atoms with E-state index in [-0.39, 0.29) is 11.3 Å². The standard InChI is InChI=1S/C20H34N2O2/c1-24-14-20(3-5-21-6-4-20)18(23)22-7-2-19-11-15-8-16(12-19)10-17(9-15)13-19/h15-17,21H,2-14H2,1H3,(H,22,23). The Morgan fingerprint density at radius 2 is 1.67 bits per heavy atom. The van der Waals surface area contributed by atoms with E-state index >= 15 is 0 Å². The number of hydrogen-bond donors (Lipinski definition) is 2. The fraction of sp³-hybridized carbons (Fsp3) is 0.950. The van der Waals surface area contributed by atoms with Crippen molar-refractivity contribution in [2.75, 3.05) is 33.4 Å². The van der Waals surface area contributed by atoms with E-state index in [1.807, 2.05) is 0 Å². The Bertz CT molecular complexity index is 429. The van der Waals surface area contributed by atoms with Crippen molar-refractivity contribution in [1.82, 2.24) is 10.6 Å². The van der Waals surface area contributed by atoms with Gasteiger partial charge in [0, 0.05) is 13.7 Å². The molecular formula is C20H34N2O2. The minimum atomic E-state index is -0.304. The number of amides is 1. The van der Waals surface area contributed by atoms with Crippen LogP contribution in [0.2, 0.25) is 0 Å². The minimum absolute atomic E-state index is 0.232. The normalized spacial score (nSPS) is 39.8. The van der Waals surface area contributed by atoms with E-state index in [9.17, 15) is 4.79 Å². The highest BCUT2D eigenvalue weighted by Crippen LogP contribution is 2.61. The molecule has 1 amide bonds. The highest BCUT2D eigenvalue weighted by molar-refractivity contribution is 5.83. The lowest BCUT2D eigenvalue weighted by atomic mass is 9.49. The van der Waals surface area contributed by atoms with Crippen molar-refractivity contribution in [3.63, 3.8) is 0 Å². The summed E-state index contributed by atoms with van der Waals surface area (Å²) in [5.41, 5.74) is 0.256. The second-order valence-corrected chi connectivity index (χ2v) is 9.39. The average molecular weight is 335 g/mol. The van der Waals surface area contributed by atoms with Crippen LogP contribution in [0.5, 0.6) is 0 Å². The van der Waals surface area contributed by atoms with Crippen molar-refractivity contribution in [3.05, 3.63) is 0 Å². The molecule has 5 aliphatic rings. The quantitative estimate of drug-likeness (QED) is 0.785. The summed E-state index contributed by atoms with van der Waals surface area (Å²) in [6.45, 7) is 3.26. The third kappa shape index (κ3) is 3.12. The Hall–Kier alpha value is -0.610. The van der Waals surface area contributed by atoms with Gasteiger partial charge in [-0.3, -0.25) is 4.79 Å². The second kappa shape index (κ2) is 6.60. The first-order chi connectivity index (χ1) is 11.6. The second-order valence-electron chi connectivity index (χ2n) is 9.39. The Morgan fingerprint density at radius 3 is 2.21 bits per heavy atom. The molecule has 0 spiro atoms. The highest BCUT2D eigenvalue weighted by atomic mass is 16.5. The molecule has 0 unspecified atom stereocenters. The van der Waals surface area contributed by atoms with Gasteiger partial charge in [-0.1, -0.05) is 0 Å². The summed E-state index contributed by atoms with van der Waals surface area (Å²) < 4.78 is 5.40. The number of piperidine rings is 1. The van der Waals surface area contributed by atoms with Crippen LogP contribution in [0.15, 0.2) is 0 Å². The van der Waals surface area contributed by atoms with E-state index in [0.29, 0.717) is 12.0 Å². The summed E-state index contributed by atoms with van der Waals surface area (Å²) in [6.07, 6.45) is 11.8. The molecule has 5 rings (SSSR count). The monoisotopic (exact) mass is 334 g/mol. The van der Waals surface area contributed by atoms with Gasteiger partial charge >= 0.3 is 0 Å². The third-order valence-electron chi connectivity index (χ3n) is 7.57. The van der Waals surface area contributed by atoms with E-state index in [1.165, 1.54) is 44.9 Å². The predicted octanol–water partition coefficient (Wildman–Crippen LogP) is 2.73. The molecule has 1 saturated heterocycles. The van der Waals surface area contributed by atoms with Crippen molar-refractivity contribution >= 4 is 5.91 Å². The maximum absolute atomic E-state index is 12.9. The van der Waals surface area contributed by atoms with Crippen LogP contribution >= 0.6 is 0 Å². The SMILES string of the molecule is COCC1(C(=O)NCCC23CC4CC(CC(C4)C2)C3)CCNCC1. The largest absolute Gasteiger partial charge is 0.384 e. The maximum atomic E-state index is 12.9. The zero-order valence-electron chi connectivity index (χ0n) is 15.2. The molecule has 5 fully saturated rings. The summed E-state index contributed by atoms with van der Waals surface area (Å²) in [7, 11) is 1.71. The topological polar surface area (TPSA) is 50.4 Å². The molecule has 0 radical (unpaired) electrons. The first kappa shape index (κ1) is 16.8. The van der Waals surface area contributed by atoms with Crippen LogP contribution < -0.4 is 10.6 Å². The van der Waals surface area contributed by atoms with Crippen LogP contribution in [0, 0.1) is 28.6 Å². The lowest BCUT2D eigenvalue weighted by molar-refractivity contribution is -0.136. The Kier molecular flexibility index (Phi) is 4.63. The van der Waals surface area contributed by atoms with Gasteiger partial charge in [0.1, 0.15) is 0 Å². The van der Waals surface area contributed by atoms with Gasteiger partial charge < -0.3 is 15.4 Å². The van der Waals surface area contributed by atoms with Gasteiger partial charge in [-0.25, -0.2) is 0 Å². The number of carbonyl (C=O) groups is 1. The smallest absolute Gasteiger partial charge is 0.228 e. The molecule has 4 nitrogen and oxygen atoms in total. The lowest BCUT2D eigenvalue weighted by Crippen LogP contribution is -2.51. The van der Waals surface area contributed by atoms with Crippen molar-refractivity contribution in [2.24, 2.45) is 28.6 Å². The molecule has 24 heavy (non-hydrogen) atoms. The summed E-state index contributed by atoms with van der Waals surface area (Å²) in [6, 6.07) is 0. The molecule has 136 valence electrons.